The number of rotatable bonds is 11. The molecule has 4 heteroatoms. The Morgan fingerprint density at radius 3 is 2.40 bits per heavy atom. The first-order chi connectivity index (χ1) is 12.1. The molecule has 0 unspecified atom stereocenters. The molecule has 1 amide bonds. The lowest BCUT2D eigenvalue weighted by molar-refractivity contribution is 0.0950. The van der Waals surface area contributed by atoms with Crippen LogP contribution in [0.4, 0.5) is 0 Å². The van der Waals surface area contributed by atoms with Gasteiger partial charge >= 0.3 is 0 Å². The van der Waals surface area contributed by atoms with Crippen molar-refractivity contribution in [2.75, 3.05) is 13.7 Å². The average molecular weight is 350 g/mol. The van der Waals surface area contributed by atoms with Crippen LogP contribution in [0.15, 0.2) is 30.5 Å². The summed E-state index contributed by atoms with van der Waals surface area (Å²) >= 11 is 0. The van der Waals surface area contributed by atoms with Gasteiger partial charge in [0.2, 0.25) is 0 Å². The molecule has 0 aliphatic carbocycles. The number of hydrogen-bond acceptors (Lipinski definition) is 3. The number of carbonyl (C=O) groups excluding carboxylic acids is 1. The fourth-order valence-corrected chi connectivity index (χ4v) is 2.37. The predicted molar refractivity (Wildman–Crippen MR) is 105 cm³/mol. The highest BCUT2D eigenvalue weighted by Crippen LogP contribution is 2.19. The maximum atomic E-state index is 12.0. The van der Waals surface area contributed by atoms with Crippen molar-refractivity contribution in [1.82, 2.24) is 5.32 Å². The van der Waals surface area contributed by atoms with Crippen LogP contribution >= 0.6 is 0 Å². The third-order valence-corrected chi connectivity index (χ3v) is 3.92. The Hall–Kier alpha value is -1.97. The molecular weight excluding hydrogens is 314 g/mol. The molecule has 1 rings (SSSR count). The van der Waals surface area contributed by atoms with Crippen LogP contribution in [0.2, 0.25) is 0 Å². The summed E-state index contributed by atoms with van der Waals surface area (Å²) < 4.78 is 5.03. The molecule has 0 radical (unpaired) electrons. The largest absolute Gasteiger partial charge is 0.507 e. The molecule has 2 N–H and O–H groups in total. The molecule has 0 heterocycles. The summed E-state index contributed by atoms with van der Waals surface area (Å²) in [6.45, 7) is 10.4. The highest BCUT2D eigenvalue weighted by Gasteiger charge is 2.10. The minimum Gasteiger partial charge on any atom is -0.507 e. The first kappa shape index (κ1) is 23.0. The van der Waals surface area contributed by atoms with E-state index in [2.05, 4.69) is 11.9 Å². The molecule has 0 saturated heterocycles. The average Bonchev–Trinajstić information content (AvgIpc) is 2.64. The van der Waals surface area contributed by atoms with E-state index in [4.69, 9.17) is 4.74 Å². The summed E-state index contributed by atoms with van der Waals surface area (Å²) in [5.74, 6) is 0.688. The van der Waals surface area contributed by atoms with Crippen molar-refractivity contribution >= 4 is 5.91 Å². The van der Waals surface area contributed by atoms with Crippen LogP contribution < -0.4 is 5.32 Å². The van der Waals surface area contributed by atoms with Gasteiger partial charge in [0.1, 0.15) is 5.75 Å². The van der Waals surface area contributed by atoms with Crippen molar-refractivity contribution in [2.45, 2.75) is 65.7 Å². The number of nitrogens with one attached hydrogen (secondary N) is 1. The van der Waals surface area contributed by atoms with E-state index in [0.717, 1.165) is 56.3 Å². The Balaban J connectivity index is 0.00000277. The molecule has 0 aromatic heterocycles. The van der Waals surface area contributed by atoms with Crippen LogP contribution in [0.3, 0.4) is 0 Å². The van der Waals surface area contributed by atoms with Gasteiger partial charge in [-0.15, -0.1) is 0 Å². The number of aryl methyl sites for hydroxylation is 1. The molecule has 1 aromatic rings. The molecule has 0 saturated carbocycles. The Kier molecular flexibility index (Phi) is 13.2. The SMILES string of the molecule is C=C(CCCCCCCNC(=O)c1ccc(CC)cc1O)OC.CC. The van der Waals surface area contributed by atoms with Crippen LogP contribution in [-0.4, -0.2) is 24.7 Å². The maximum Gasteiger partial charge on any atom is 0.255 e. The molecule has 0 fully saturated rings. The number of unbranched alkanes of at least 4 members (excludes halogenated alkanes) is 4. The zero-order valence-corrected chi connectivity index (χ0v) is 16.4. The molecule has 0 aliphatic heterocycles. The van der Waals surface area contributed by atoms with Gasteiger partial charge in [0.05, 0.1) is 18.4 Å². The fraction of sp³-hybridized carbons (Fsp3) is 0.571. The third kappa shape index (κ3) is 9.80. The number of hydrogen-bond donors (Lipinski definition) is 2. The number of allylic oxidation sites excluding steroid dienone is 1. The van der Waals surface area contributed by atoms with Gasteiger partial charge in [-0.3, -0.25) is 4.79 Å². The Labute approximate surface area is 153 Å². The molecule has 1 aromatic carbocycles. The van der Waals surface area contributed by atoms with Gasteiger partial charge in [-0.2, -0.15) is 0 Å². The molecule has 0 bridgehead atoms. The van der Waals surface area contributed by atoms with Crippen LogP contribution in [0, 0.1) is 0 Å². The van der Waals surface area contributed by atoms with Crippen molar-refractivity contribution in [3.8, 4) is 5.75 Å². The summed E-state index contributed by atoms with van der Waals surface area (Å²) in [6.07, 6.45) is 7.17. The molecule has 0 atom stereocenters. The third-order valence-electron chi connectivity index (χ3n) is 3.92. The fourth-order valence-electron chi connectivity index (χ4n) is 2.37. The number of benzene rings is 1. The minimum atomic E-state index is -0.207. The second-order valence-electron chi connectivity index (χ2n) is 5.72. The highest BCUT2D eigenvalue weighted by molar-refractivity contribution is 5.96. The molecule has 142 valence electrons. The molecular formula is C21H35NO3. The zero-order chi connectivity index (χ0) is 19.1. The lowest BCUT2D eigenvalue weighted by Crippen LogP contribution is -2.24. The highest BCUT2D eigenvalue weighted by atomic mass is 16.5. The van der Waals surface area contributed by atoms with Crippen molar-refractivity contribution in [1.29, 1.82) is 0 Å². The van der Waals surface area contributed by atoms with E-state index in [1.807, 2.05) is 26.8 Å². The number of aromatic hydroxyl groups is 1. The van der Waals surface area contributed by atoms with Crippen LogP contribution in [0.1, 0.15) is 75.2 Å². The van der Waals surface area contributed by atoms with Crippen molar-refractivity contribution in [3.63, 3.8) is 0 Å². The van der Waals surface area contributed by atoms with Gasteiger partial charge < -0.3 is 15.2 Å². The lowest BCUT2D eigenvalue weighted by atomic mass is 10.1. The van der Waals surface area contributed by atoms with E-state index in [-0.39, 0.29) is 11.7 Å². The number of amides is 1. The number of methoxy groups -OCH3 is 1. The maximum absolute atomic E-state index is 12.0. The first-order valence-corrected chi connectivity index (χ1v) is 9.40. The zero-order valence-electron chi connectivity index (χ0n) is 16.4. The van der Waals surface area contributed by atoms with Gasteiger partial charge in [-0.1, -0.05) is 52.7 Å². The number of ether oxygens (including phenoxy) is 1. The predicted octanol–water partition coefficient (Wildman–Crippen LogP) is 5.21. The monoisotopic (exact) mass is 349 g/mol. The van der Waals surface area contributed by atoms with Gasteiger partial charge in [-0.05, 0) is 37.0 Å². The summed E-state index contributed by atoms with van der Waals surface area (Å²) in [5.41, 5.74) is 1.37. The van der Waals surface area contributed by atoms with E-state index < -0.39 is 0 Å². The van der Waals surface area contributed by atoms with Gasteiger partial charge in [0, 0.05) is 13.0 Å². The number of phenolic OH excluding ortho intramolecular Hbond substituents is 1. The minimum absolute atomic E-state index is 0.0558. The smallest absolute Gasteiger partial charge is 0.255 e. The Morgan fingerprint density at radius 1 is 1.16 bits per heavy atom. The standard InChI is InChI=1S/C19H29NO3.C2H6/c1-4-16-11-12-17(18(21)14-16)19(22)20-13-9-7-5-6-8-10-15(2)23-3;1-2/h11-12,14,21H,2,4-10,13H2,1,3H3,(H,20,22);1-2H3. The van der Waals surface area contributed by atoms with E-state index in [1.54, 1.807) is 19.2 Å². The molecule has 4 nitrogen and oxygen atoms in total. The molecule has 25 heavy (non-hydrogen) atoms. The number of carbonyl (C=O) groups is 1. The van der Waals surface area contributed by atoms with Crippen LogP contribution in [-0.2, 0) is 11.2 Å². The summed E-state index contributed by atoms with van der Waals surface area (Å²) in [7, 11) is 1.65. The van der Waals surface area contributed by atoms with Crippen LogP contribution in [0.25, 0.3) is 0 Å². The van der Waals surface area contributed by atoms with Gasteiger partial charge in [-0.25, -0.2) is 0 Å². The lowest BCUT2D eigenvalue weighted by Gasteiger charge is -2.08. The topological polar surface area (TPSA) is 58.6 Å². The van der Waals surface area contributed by atoms with E-state index in [9.17, 15) is 9.90 Å². The van der Waals surface area contributed by atoms with Crippen LogP contribution in [0.5, 0.6) is 5.75 Å². The van der Waals surface area contributed by atoms with Crippen molar-refractivity contribution in [2.24, 2.45) is 0 Å². The first-order valence-electron chi connectivity index (χ1n) is 9.40. The second-order valence-corrected chi connectivity index (χ2v) is 5.72. The Morgan fingerprint density at radius 2 is 1.80 bits per heavy atom. The summed E-state index contributed by atoms with van der Waals surface area (Å²) in [5, 5.41) is 12.7. The quantitative estimate of drug-likeness (QED) is 0.426. The second kappa shape index (κ2) is 14.4. The van der Waals surface area contributed by atoms with E-state index in [0.29, 0.717) is 12.1 Å². The normalized spacial score (nSPS) is 9.76. The summed E-state index contributed by atoms with van der Waals surface area (Å²) in [6, 6.07) is 5.22. The van der Waals surface area contributed by atoms with E-state index >= 15 is 0 Å². The van der Waals surface area contributed by atoms with Crippen molar-refractivity contribution < 1.29 is 14.6 Å². The Bertz CT molecular complexity index is 512. The van der Waals surface area contributed by atoms with E-state index in [1.165, 1.54) is 0 Å². The van der Waals surface area contributed by atoms with Gasteiger partial charge in [0.15, 0.2) is 0 Å². The molecule has 0 spiro atoms. The summed E-state index contributed by atoms with van der Waals surface area (Å²) in [4.78, 5) is 12.0. The number of phenols is 1. The molecule has 0 aliphatic rings. The van der Waals surface area contributed by atoms with Gasteiger partial charge in [0.25, 0.3) is 5.91 Å². The van der Waals surface area contributed by atoms with Crippen molar-refractivity contribution in [3.05, 3.63) is 41.7 Å².